The van der Waals surface area contributed by atoms with Gasteiger partial charge in [0.15, 0.2) is 0 Å². The summed E-state index contributed by atoms with van der Waals surface area (Å²) in [6.45, 7) is 0. The van der Waals surface area contributed by atoms with E-state index in [4.69, 9.17) is 0 Å². The molecule has 0 aliphatic heterocycles. The molecular weight excluding hydrogens is 495 g/mol. The van der Waals surface area contributed by atoms with E-state index in [1.54, 1.807) is 0 Å². The van der Waals surface area contributed by atoms with E-state index in [-0.39, 0.29) is 6.08 Å². The molecule has 3 nitrogen and oxygen atoms in total. The Morgan fingerprint density at radius 1 is 0.629 bits per heavy atom. The van der Waals surface area contributed by atoms with E-state index in [0.29, 0.717) is 12.2 Å². The van der Waals surface area contributed by atoms with Gasteiger partial charge in [-0.3, -0.25) is 0 Å². The Morgan fingerprint density at radius 3 is 1.37 bits per heavy atom. The number of hydrogen-bond donors (Lipinski definition) is 3. The summed E-state index contributed by atoms with van der Waals surface area (Å²) < 4.78 is 127. The predicted octanol–water partition coefficient (Wildman–Crippen LogP) is 7.00. The summed E-state index contributed by atoms with van der Waals surface area (Å²) >= 11 is 0. The number of benzene rings is 2. The summed E-state index contributed by atoms with van der Waals surface area (Å²) in [7, 11) is 0. The van der Waals surface area contributed by atoms with Crippen LogP contribution in [0.5, 0.6) is 11.5 Å². The molecule has 0 aromatic heterocycles. The van der Waals surface area contributed by atoms with Crippen LogP contribution in [0.3, 0.4) is 0 Å². The normalized spacial score (nSPS) is 17.3. The molecule has 0 spiro atoms. The van der Waals surface area contributed by atoms with Crippen LogP contribution >= 0.6 is 0 Å². The van der Waals surface area contributed by atoms with Gasteiger partial charge >= 0.3 is 18.5 Å². The maximum absolute atomic E-state index is 15.0. The van der Waals surface area contributed by atoms with E-state index in [0.717, 1.165) is 48.5 Å². The maximum Gasteiger partial charge on any atom is 0.421 e. The zero-order chi connectivity index (χ0) is 26.4. The van der Waals surface area contributed by atoms with Gasteiger partial charge in [-0.2, -0.15) is 39.5 Å². The van der Waals surface area contributed by atoms with Crippen molar-refractivity contribution in [2.75, 3.05) is 0 Å². The van der Waals surface area contributed by atoms with Crippen LogP contribution in [0.25, 0.3) is 0 Å². The van der Waals surface area contributed by atoms with Gasteiger partial charge in [0.1, 0.15) is 28.2 Å². The first-order valence-electron chi connectivity index (χ1n) is 9.62. The number of aromatic hydroxyl groups is 2. The van der Waals surface area contributed by atoms with E-state index in [1.807, 2.05) is 0 Å². The maximum atomic E-state index is 15.0. The molecule has 12 heteroatoms. The molecule has 2 aromatic rings. The summed E-state index contributed by atoms with van der Waals surface area (Å²) in [5.41, 5.74) is -10.2. The Balaban J connectivity index is 2.55. The van der Waals surface area contributed by atoms with Gasteiger partial charge in [0, 0.05) is 5.92 Å². The molecular formula is C23H15F9O3. The zero-order valence-corrected chi connectivity index (χ0v) is 17.2. The van der Waals surface area contributed by atoms with Crippen molar-refractivity contribution in [1.29, 1.82) is 0 Å². The molecule has 188 valence electrons. The minimum Gasteiger partial charge on any atom is -0.508 e. The third-order valence-electron chi connectivity index (χ3n) is 5.51. The SMILES string of the molecule is OC1=CC(=C(C(F)(F)F)C(F)(F)F)C(C(c2ccc(O)cc2)(c2ccc(O)cc2)C(F)(F)F)C=C1. The molecule has 3 rings (SSSR count). The van der Waals surface area contributed by atoms with Crippen LogP contribution in [0.1, 0.15) is 11.1 Å². The molecule has 0 bridgehead atoms. The molecule has 1 aliphatic rings. The largest absolute Gasteiger partial charge is 0.508 e. The number of phenols is 2. The van der Waals surface area contributed by atoms with Crippen molar-refractivity contribution in [3.63, 3.8) is 0 Å². The number of aliphatic hydroxyl groups excluding tert-OH is 1. The van der Waals surface area contributed by atoms with E-state index < -0.39 is 69.4 Å². The van der Waals surface area contributed by atoms with Gasteiger partial charge in [-0.1, -0.05) is 30.3 Å². The van der Waals surface area contributed by atoms with Crippen LogP contribution in [0.15, 0.2) is 83.7 Å². The topological polar surface area (TPSA) is 60.7 Å². The van der Waals surface area contributed by atoms with Crippen molar-refractivity contribution < 1.29 is 54.8 Å². The van der Waals surface area contributed by atoms with Gasteiger partial charge in [0.25, 0.3) is 0 Å². The number of halogens is 9. The Kier molecular flexibility index (Phi) is 6.38. The predicted molar refractivity (Wildman–Crippen MR) is 106 cm³/mol. The van der Waals surface area contributed by atoms with Gasteiger partial charge in [0.05, 0.1) is 0 Å². The molecule has 0 radical (unpaired) electrons. The summed E-state index contributed by atoms with van der Waals surface area (Å²) in [5.74, 6) is -4.80. The van der Waals surface area contributed by atoms with Gasteiger partial charge in [0.2, 0.25) is 0 Å². The van der Waals surface area contributed by atoms with Gasteiger partial charge < -0.3 is 15.3 Å². The number of hydrogen-bond acceptors (Lipinski definition) is 3. The fraction of sp³-hybridized carbons (Fsp3) is 0.217. The summed E-state index contributed by atoms with van der Waals surface area (Å²) in [5, 5.41) is 28.8. The Hall–Kier alpha value is -3.57. The van der Waals surface area contributed by atoms with Crippen molar-refractivity contribution in [3.05, 3.63) is 94.8 Å². The third-order valence-corrected chi connectivity index (χ3v) is 5.51. The lowest BCUT2D eigenvalue weighted by Gasteiger charge is -2.44. The smallest absolute Gasteiger partial charge is 0.421 e. The van der Waals surface area contributed by atoms with Gasteiger partial charge in [-0.05, 0) is 53.1 Å². The highest BCUT2D eigenvalue weighted by atomic mass is 19.4. The molecule has 1 unspecified atom stereocenters. The monoisotopic (exact) mass is 510 g/mol. The number of phenolic OH excluding ortho intramolecular Hbond substituents is 2. The first kappa shape index (κ1) is 26.0. The summed E-state index contributed by atoms with van der Waals surface area (Å²) in [6, 6.07) is 6.09. The van der Waals surface area contributed by atoms with Gasteiger partial charge in [-0.25, -0.2) is 0 Å². The summed E-state index contributed by atoms with van der Waals surface area (Å²) in [4.78, 5) is 0. The molecule has 0 heterocycles. The van der Waals surface area contributed by atoms with Crippen molar-refractivity contribution >= 4 is 0 Å². The highest BCUT2D eigenvalue weighted by Crippen LogP contribution is 2.57. The summed E-state index contributed by atoms with van der Waals surface area (Å²) in [6.07, 6.45) is -16.8. The first-order valence-corrected chi connectivity index (χ1v) is 9.62. The average molecular weight is 510 g/mol. The highest BCUT2D eigenvalue weighted by molar-refractivity contribution is 5.54. The van der Waals surface area contributed by atoms with Gasteiger partial charge in [-0.15, -0.1) is 0 Å². The van der Waals surface area contributed by atoms with Crippen LogP contribution in [0.2, 0.25) is 0 Å². The molecule has 1 atom stereocenters. The molecule has 35 heavy (non-hydrogen) atoms. The van der Waals surface area contributed by atoms with Crippen molar-refractivity contribution in [3.8, 4) is 11.5 Å². The fourth-order valence-electron chi connectivity index (χ4n) is 4.17. The Labute approximate surface area is 191 Å². The van der Waals surface area contributed by atoms with Crippen LogP contribution in [0.4, 0.5) is 39.5 Å². The average Bonchev–Trinajstić information content (AvgIpc) is 2.69. The van der Waals surface area contributed by atoms with Crippen molar-refractivity contribution in [1.82, 2.24) is 0 Å². The minimum atomic E-state index is -6.13. The molecule has 0 saturated carbocycles. The number of aliphatic hydroxyl groups is 1. The lowest BCUT2D eigenvalue weighted by molar-refractivity contribution is -0.190. The number of alkyl halides is 9. The molecule has 0 saturated heterocycles. The Bertz CT molecular complexity index is 1110. The standard InChI is InChI=1S/C23H15F9O3/c24-21(25,26)19(22(27,28)29)17-11-16(35)9-10-18(17)20(23(30,31)32,12-1-5-14(33)6-2-12)13-3-7-15(34)8-4-13/h1-11,18,33-35H. The van der Waals surface area contributed by atoms with Crippen LogP contribution in [-0.4, -0.2) is 33.8 Å². The number of allylic oxidation sites excluding steroid dienone is 5. The quantitative estimate of drug-likeness (QED) is 0.390. The molecule has 0 amide bonds. The lowest BCUT2D eigenvalue weighted by atomic mass is 9.61. The molecule has 0 fully saturated rings. The Morgan fingerprint density at radius 2 is 1.03 bits per heavy atom. The highest BCUT2D eigenvalue weighted by Gasteiger charge is 2.64. The van der Waals surface area contributed by atoms with E-state index in [2.05, 4.69) is 0 Å². The van der Waals surface area contributed by atoms with E-state index >= 15 is 13.2 Å². The van der Waals surface area contributed by atoms with Crippen LogP contribution in [0, 0.1) is 5.92 Å². The first-order chi connectivity index (χ1) is 16.0. The molecule has 3 N–H and O–H groups in total. The van der Waals surface area contributed by atoms with Crippen molar-refractivity contribution in [2.24, 2.45) is 5.92 Å². The molecule has 2 aromatic carbocycles. The number of rotatable bonds is 3. The lowest BCUT2D eigenvalue weighted by Crippen LogP contribution is -2.50. The second kappa shape index (κ2) is 8.58. The fourth-order valence-corrected chi connectivity index (χ4v) is 4.17. The van der Waals surface area contributed by atoms with Crippen LogP contribution in [-0.2, 0) is 5.41 Å². The minimum absolute atomic E-state index is 0.00228. The zero-order valence-electron chi connectivity index (χ0n) is 17.2. The van der Waals surface area contributed by atoms with E-state index in [9.17, 15) is 41.7 Å². The van der Waals surface area contributed by atoms with Crippen LogP contribution < -0.4 is 0 Å². The molecule has 1 aliphatic carbocycles. The second-order valence-corrected chi connectivity index (χ2v) is 7.63. The van der Waals surface area contributed by atoms with Crippen molar-refractivity contribution in [2.45, 2.75) is 23.9 Å². The van der Waals surface area contributed by atoms with E-state index in [1.165, 1.54) is 0 Å². The third kappa shape index (κ3) is 4.69. The second-order valence-electron chi connectivity index (χ2n) is 7.63.